The molecule has 0 fully saturated rings. The average molecular weight is 367 g/mol. The normalized spacial score (nSPS) is 12.2. The number of hydrogen-bond acceptors (Lipinski definition) is 4. The highest BCUT2D eigenvalue weighted by molar-refractivity contribution is 7.16. The van der Waals surface area contributed by atoms with Gasteiger partial charge in [0, 0.05) is 25.3 Å². The summed E-state index contributed by atoms with van der Waals surface area (Å²) in [7, 11) is 1.89. The number of rotatable bonds is 3. The Kier molecular flexibility index (Phi) is 4.81. The number of amides is 1. The van der Waals surface area contributed by atoms with Crippen LogP contribution in [0.5, 0.6) is 0 Å². The van der Waals surface area contributed by atoms with Gasteiger partial charge < -0.3 is 4.57 Å². The molecule has 0 unspecified atom stereocenters. The summed E-state index contributed by atoms with van der Waals surface area (Å²) in [6.45, 7) is 4.11. The van der Waals surface area contributed by atoms with Gasteiger partial charge in [-0.2, -0.15) is 4.99 Å². The molecule has 0 saturated heterocycles. The third-order valence-corrected chi connectivity index (χ3v) is 5.29. The summed E-state index contributed by atoms with van der Waals surface area (Å²) >= 11 is 1.46. The van der Waals surface area contributed by atoms with Crippen LogP contribution < -0.4 is 4.80 Å². The quantitative estimate of drug-likeness (QED) is 0.400. The van der Waals surface area contributed by atoms with Crippen molar-refractivity contribution in [3.8, 4) is 0 Å². The molecule has 0 bridgehead atoms. The Bertz CT molecular complexity index is 1120. The third-order valence-electron chi connectivity index (χ3n) is 4.19. The maximum atomic E-state index is 12.2. The summed E-state index contributed by atoms with van der Waals surface area (Å²) in [5.41, 5.74) is 3.99. The molecule has 0 saturated carbocycles. The molecule has 26 heavy (non-hydrogen) atoms. The van der Waals surface area contributed by atoms with Crippen molar-refractivity contribution in [2.45, 2.75) is 13.8 Å². The number of fused-ring (bicyclic) bond motifs is 1. The first-order chi connectivity index (χ1) is 12.4. The van der Waals surface area contributed by atoms with Crippen LogP contribution in [-0.2, 0) is 11.8 Å². The highest BCUT2D eigenvalue weighted by atomic mass is 32.1. The number of aromatic nitrogens is 1. The highest BCUT2D eigenvalue weighted by Crippen LogP contribution is 2.23. The lowest BCUT2D eigenvalue weighted by Crippen LogP contribution is -2.12. The van der Waals surface area contributed by atoms with Gasteiger partial charge in [-0.3, -0.25) is 14.9 Å². The summed E-state index contributed by atoms with van der Waals surface area (Å²) < 4.78 is 2.99. The van der Waals surface area contributed by atoms with E-state index in [0.29, 0.717) is 10.4 Å². The fraction of sp³-hybridized carbons (Fsp3) is 0.158. The summed E-state index contributed by atoms with van der Waals surface area (Å²) in [5, 5.41) is 10.8. The molecule has 1 heterocycles. The van der Waals surface area contributed by atoms with Crippen LogP contribution in [0.4, 0.5) is 5.69 Å². The molecule has 0 atom stereocenters. The molecule has 2 aromatic carbocycles. The molecule has 132 valence electrons. The molecule has 1 amide bonds. The Morgan fingerprint density at radius 1 is 1.27 bits per heavy atom. The summed E-state index contributed by atoms with van der Waals surface area (Å²) in [5.74, 6) is -0.409. The largest absolute Gasteiger partial charge is 0.319 e. The number of nitrogens with zero attached hydrogens (tertiary/aromatic N) is 3. The minimum absolute atomic E-state index is 0.0155. The number of carbonyl (C=O) groups excluding carboxylic acids is 1. The van der Waals surface area contributed by atoms with E-state index in [2.05, 4.69) is 24.9 Å². The number of thiazole rings is 1. The van der Waals surface area contributed by atoms with Gasteiger partial charge in [-0.05, 0) is 42.7 Å². The second kappa shape index (κ2) is 7.05. The van der Waals surface area contributed by atoms with Crippen LogP contribution in [0, 0.1) is 24.0 Å². The minimum atomic E-state index is -0.467. The monoisotopic (exact) mass is 367 g/mol. The van der Waals surface area contributed by atoms with Crippen LogP contribution >= 0.6 is 11.3 Å². The molecule has 3 rings (SSSR count). The summed E-state index contributed by atoms with van der Waals surface area (Å²) in [4.78, 5) is 27.3. The number of benzene rings is 2. The van der Waals surface area contributed by atoms with Gasteiger partial charge in [0.15, 0.2) is 4.80 Å². The van der Waals surface area contributed by atoms with Gasteiger partial charge in [0.2, 0.25) is 0 Å². The predicted octanol–water partition coefficient (Wildman–Crippen LogP) is 3.91. The van der Waals surface area contributed by atoms with E-state index < -0.39 is 10.8 Å². The van der Waals surface area contributed by atoms with Gasteiger partial charge in [-0.25, -0.2) is 0 Å². The van der Waals surface area contributed by atoms with Gasteiger partial charge in [-0.1, -0.05) is 29.5 Å². The van der Waals surface area contributed by atoms with Crippen molar-refractivity contribution in [2.75, 3.05) is 0 Å². The van der Waals surface area contributed by atoms with Crippen LogP contribution in [0.3, 0.4) is 0 Å². The Morgan fingerprint density at radius 2 is 2.04 bits per heavy atom. The standard InChI is InChI=1S/C19H17N3O3S/c1-12-7-9-16-18(13(12)2)21(3)19(26-16)20-17(23)10-8-14-5-4-6-15(11-14)22(24)25/h4-11H,1-3H3/b10-8+,20-19?. The predicted molar refractivity (Wildman–Crippen MR) is 103 cm³/mol. The number of hydrogen-bond donors (Lipinski definition) is 0. The van der Waals surface area contributed by atoms with Gasteiger partial charge >= 0.3 is 0 Å². The molecule has 7 heteroatoms. The third kappa shape index (κ3) is 3.48. The second-order valence-corrected chi connectivity index (χ2v) is 6.94. The summed E-state index contributed by atoms with van der Waals surface area (Å²) in [6.07, 6.45) is 2.85. The van der Waals surface area contributed by atoms with Crippen LogP contribution in [0.15, 0.2) is 47.5 Å². The summed E-state index contributed by atoms with van der Waals surface area (Å²) in [6, 6.07) is 10.2. The maximum Gasteiger partial charge on any atom is 0.272 e. The topological polar surface area (TPSA) is 77.5 Å². The molecule has 0 aliphatic rings. The van der Waals surface area contributed by atoms with Crippen LogP contribution in [0.1, 0.15) is 16.7 Å². The Balaban J connectivity index is 1.93. The van der Waals surface area contributed by atoms with Crippen molar-refractivity contribution in [3.05, 3.63) is 74.1 Å². The van der Waals surface area contributed by atoms with Gasteiger partial charge in [0.25, 0.3) is 11.6 Å². The second-order valence-electron chi connectivity index (χ2n) is 5.93. The first-order valence-corrected chi connectivity index (χ1v) is 8.75. The highest BCUT2D eigenvalue weighted by Gasteiger charge is 2.08. The van der Waals surface area contributed by atoms with Crippen molar-refractivity contribution in [1.82, 2.24) is 4.57 Å². The smallest absolute Gasteiger partial charge is 0.272 e. The SMILES string of the molecule is Cc1ccc2sc(=NC(=O)/C=C/c3cccc([N+](=O)[O-])c3)n(C)c2c1C. The average Bonchev–Trinajstić information content (AvgIpc) is 2.93. The molecule has 0 N–H and O–H groups in total. The van der Waals surface area contributed by atoms with Crippen molar-refractivity contribution < 1.29 is 9.72 Å². The zero-order chi connectivity index (χ0) is 18.8. The molecule has 0 radical (unpaired) electrons. The molecular formula is C19H17N3O3S. The lowest BCUT2D eigenvalue weighted by molar-refractivity contribution is -0.384. The molecule has 6 nitrogen and oxygen atoms in total. The zero-order valence-electron chi connectivity index (χ0n) is 14.6. The number of non-ortho nitro benzene ring substituents is 1. The van der Waals surface area contributed by atoms with Gasteiger partial charge in [-0.15, -0.1) is 0 Å². The van der Waals surface area contributed by atoms with Crippen molar-refractivity contribution in [3.63, 3.8) is 0 Å². The van der Waals surface area contributed by atoms with Crippen LogP contribution in [0.2, 0.25) is 0 Å². The van der Waals surface area contributed by atoms with E-state index in [1.165, 1.54) is 46.7 Å². The van der Waals surface area contributed by atoms with Gasteiger partial charge in [0.1, 0.15) is 0 Å². The number of nitro benzene ring substituents is 1. The zero-order valence-corrected chi connectivity index (χ0v) is 15.4. The molecule has 1 aromatic heterocycles. The Labute approximate surface area is 153 Å². The number of aryl methyl sites for hydroxylation is 3. The fourth-order valence-corrected chi connectivity index (χ4v) is 3.76. The Morgan fingerprint density at radius 3 is 2.77 bits per heavy atom. The van der Waals surface area contributed by atoms with E-state index in [4.69, 9.17) is 0 Å². The van der Waals surface area contributed by atoms with Gasteiger partial charge in [0.05, 0.1) is 15.1 Å². The van der Waals surface area contributed by atoms with Crippen molar-refractivity contribution in [1.29, 1.82) is 0 Å². The maximum absolute atomic E-state index is 12.2. The first-order valence-electron chi connectivity index (χ1n) is 7.94. The first kappa shape index (κ1) is 17.8. The number of nitro groups is 1. The van der Waals surface area contributed by atoms with E-state index >= 15 is 0 Å². The van der Waals surface area contributed by atoms with E-state index in [1.807, 2.05) is 17.7 Å². The van der Waals surface area contributed by atoms with Crippen molar-refractivity contribution >= 4 is 39.2 Å². The molecule has 0 aliphatic carbocycles. The fourth-order valence-electron chi connectivity index (χ4n) is 2.68. The van der Waals surface area contributed by atoms with E-state index in [1.54, 1.807) is 12.1 Å². The van der Waals surface area contributed by atoms with E-state index in [0.717, 1.165) is 10.2 Å². The molecular weight excluding hydrogens is 350 g/mol. The lowest BCUT2D eigenvalue weighted by atomic mass is 10.1. The molecule has 0 aliphatic heterocycles. The minimum Gasteiger partial charge on any atom is -0.319 e. The Hall–Kier alpha value is -3.06. The van der Waals surface area contributed by atoms with E-state index in [-0.39, 0.29) is 5.69 Å². The van der Waals surface area contributed by atoms with Crippen LogP contribution in [-0.4, -0.2) is 15.4 Å². The van der Waals surface area contributed by atoms with E-state index in [9.17, 15) is 14.9 Å². The number of carbonyl (C=O) groups is 1. The molecule has 0 spiro atoms. The molecule has 3 aromatic rings. The van der Waals surface area contributed by atoms with Crippen molar-refractivity contribution in [2.24, 2.45) is 12.0 Å². The van der Waals surface area contributed by atoms with Crippen LogP contribution in [0.25, 0.3) is 16.3 Å². The lowest BCUT2D eigenvalue weighted by Gasteiger charge is -2.03.